The number of hydrogen-bond donors (Lipinski definition) is 3. The highest BCUT2D eigenvalue weighted by atomic mass is 16.5. The summed E-state index contributed by atoms with van der Waals surface area (Å²) in [7, 11) is 1.64. The Hall–Kier alpha value is -2.79. The fourth-order valence-electron chi connectivity index (χ4n) is 2.74. The zero-order chi connectivity index (χ0) is 16.4. The Labute approximate surface area is 133 Å². The first-order valence-corrected chi connectivity index (χ1v) is 7.32. The highest BCUT2D eigenvalue weighted by molar-refractivity contribution is 5.96. The number of rotatable bonds is 5. The molecule has 0 radical (unpaired) electrons. The second kappa shape index (κ2) is 6.14. The summed E-state index contributed by atoms with van der Waals surface area (Å²) >= 11 is 0. The Balaban J connectivity index is 2.06. The lowest BCUT2D eigenvalue weighted by Gasteiger charge is -2.08. The number of benzene rings is 2. The molecule has 0 unspecified atom stereocenters. The second-order valence-electron chi connectivity index (χ2n) is 5.42. The Bertz CT molecular complexity index is 854. The third-order valence-corrected chi connectivity index (χ3v) is 3.94. The van der Waals surface area contributed by atoms with Crippen molar-refractivity contribution in [3.05, 3.63) is 54.2 Å². The Morgan fingerprint density at radius 1 is 1.30 bits per heavy atom. The molecule has 1 aromatic heterocycles. The summed E-state index contributed by atoms with van der Waals surface area (Å²) in [5.74, 6) is -0.206. The van der Waals surface area contributed by atoms with E-state index in [1.54, 1.807) is 7.11 Å². The number of ether oxygens (including phenoxy) is 1. The lowest BCUT2D eigenvalue weighted by molar-refractivity contribution is -0.138. The van der Waals surface area contributed by atoms with Gasteiger partial charge in [0.05, 0.1) is 12.6 Å². The maximum absolute atomic E-state index is 11.0. The number of carboxylic acids is 1. The van der Waals surface area contributed by atoms with Crippen LogP contribution in [-0.4, -0.2) is 29.2 Å². The summed E-state index contributed by atoms with van der Waals surface area (Å²) in [6, 6.07) is 12.9. The number of para-hydroxylation sites is 1. The van der Waals surface area contributed by atoms with Gasteiger partial charge in [0, 0.05) is 23.6 Å². The molecule has 0 spiro atoms. The van der Waals surface area contributed by atoms with Crippen LogP contribution in [-0.2, 0) is 11.2 Å². The first-order chi connectivity index (χ1) is 11.1. The fraction of sp³-hybridized carbons (Fsp3) is 0.167. The maximum Gasteiger partial charge on any atom is 0.320 e. The number of nitrogens with one attached hydrogen (secondary N) is 1. The number of methoxy groups -OCH3 is 1. The number of fused-ring (bicyclic) bond motifs is 1. The van der Waals surface area contributed by atoms with E-state index in [1.807, 2.05) is 48.7 Å². The van der Waals surface area contributed by atoms with E-state index in [0.29, 0.717) is 0 Å². The average Bonchev–Trinajstić information content (AvgIpc) is 2.98. The molecule has 0 aliphatic heterocycles. The minimum Gasteiger partial charge on any atom is -0.497 e. The summed E-state index contributed by atoms with van der Waals surface area (Å²) in [5, 5.41) is 9.98. The zero-order valence-electron chi connectivity index (χ0n) is 12.7. The number of carbonyl (C=O) groups is 1. The van der Waals surface area contributed by atoms with E-state index in [9.17, 15) is 4.79 Å². The van der Waals surface area contributed by atoms with Crippen LogP contribution in [0.15, 0.2) is 48.7 Å². The Morgan fingerprint density at radius 3 is 2.83 bits per heavy atom. The highest BCUT2D eigenvalue weighted by Gasteiger charge is 2.16. The molecule has 23 heavy (non-hydrogen) atoms. The van der Waals surface area contributed by atoms with Crippen LogP contribution in [0.25, 0.3) is 22.0 Å². The van der Waals surface area contributed by atoms with Gasteiger partial charge in [0.1, 0.15) is 11.8 Å². The van der Waals surface area contributed by atoms with Crippen molar-refractivity contribution in [2.75, 3.05) is 7.11 Å². The number of aliphatic carboxylic acids is 1. The van der Waals surface area contributed by atoms with Crippen molar-refractivity contribution in [1.82, 2.24) is 4.98 Å². The van der Waals surface area contributed by atoms with Crippen molar-refractivity contribution in [2.24, 2.45) is 5.73 Å². The minimum absolute atomic E-state index is 0.289. The molecule has 3 rings (SSSR count). The molecular formula is C18H18N2O3. The van der Waals surface area contributed by atoms with E-state index in [-0.39, 0.29) is 6.42 Å². The summed E-state index contributed by atoms with van der Waals surface area (Å²) in [5.41, 5.74) is 9.60. The van der Waals surface area contributed by atoms with Crippen LogP contribution in [0.4, 0.5) is 0 Å². The number of nitrogens with two attached hydrogens (primary N) is 1. The van der Waals surface area contributed by atoms with E-state index in [0.717, 1.165) is 33.3 Å². The first-order valence-electron chi connectivity index (χ1n) is 7.32. The van der Waals surface area contributed by atoms with Crippen molar-refractivity contribution in [3.8, 4) is 16.9 Å². The van der Waals surface area contributed by atoms with Gasteiger partial charge in [0.25, 0.3) is 0 Å². The second-order valence-corrected chi connectivity index (χ2v) is 5.42. The van der Waals surface area contributed by atoms with Crippen LogP contribution >= 0.6 is 0 Å². The first kappa shape index (κ1) is 15.1. The molecule has 0 saturated heterocycles. The average molecular weight is 310 g/mol. The zero-order valence-corrected chi connectivity index (χ0v) is 12.7. The maximum atomic E-state index is 11.0. The standard InChI is InChI=1S/C18H18N2O3/c1-23-13-5-2-4-11(8-13)14-6-3-7-15-12(10-20-17(14)15)9-16(19)18(21)22/h2-8,10,16,20H,9,19H2,1H3,(H,21,22)/t16-/m0/s1. The third kappa shape index (κ3) is 2.91. The van der Waals surface area contributed by atoms with Gasteiger partial charge in [-0.3, -0.25) is 4.79 Å². The molecule has 1 heterocycles. The fourth-order valence-corrected chi connectivity index (χ4v) is 2.74. The molecule has 0 aliphatic rings. The molecule has 2 aromatic carbocycles. The Kier molecular flexibility index (Phi) is 4.04. The molecule has 0 fully saturated rings. The molecule has 5 nitrogen and oxygen atoms in total. The number of carboxylic acid groups (broad SMARTS) is 1. The largest absolute Gasteiger partial charge is 0.497 e. The van der Waals surface area contributed by atoms with E-state index in [2.05, 4.69) is 4.98 Å². The van der Waals surface area contributed by atoms with Crippen LogP contribution in [0.3, 0.4) is 0 Å². The number of H-pyrrole nitrogens is 1. The summed E-state index contributed by atoms with van der Waals surface area (Å²) < 4.78 is 5.28. The van der Waals surface area contributed by atoms with Gasteiger partial charge >= 0.3 is 5.97 Å². The molecule has 5 heteroatoms. The molecule has 0 aliphatic carbocycles. The predicted molar refractivity (Wildman–Crippen MR) is 89.6 cm³/mol. The van der Waals surface area contributed by atoms with Crippen LogP contribution < -0.4 is 10.5 Å². The van der Waals surface area contributed by atoms with Gasteiger partial charge in [-0.25, -0.2) is 0 Å². The van der Waals surface area contributed by atoms with Gasteiger partial charge in [-0.2, -0.15) is 0 Å². The monoisotopic (exact) mass is 310 g/mol. The summed E-state index contributed by atoms with van der Waals surface area (Å²) in [6.45, 7) is 0. The van der Waals surface area contributed by atoms with Gasteiger partial charge in [-0.05, 0) is 23.3 Å². The highest BCUT2D eigenvalue weighted by Crippen LogP contribution is 2.31. The van der Waals surface area contributed by atoms with E-state index >= 15 is 0 Å². The quantitative estimate of drug-likeness (QED) is 0.676. The molecule has 0 bridgehead atoms. The van der Waals surface area contributed by atoms with Crippen LogP contribution in [0.2, 0.25) is 0 Å². The third-order valence-electron chi connectivity index (χ3n) is 3.94. The summed E-state index contributed by atoms with van der Waals surface area (Å²) in [6.07, 6.45) is 2.12. The smallest absolute Gasteiger partial charge is 0.320 e. The molecule has 1 atom stereocenters. The lowest BCUT2D eigenvalue weighted by atomic mass is 10.00. The molecule has 3 aromatic rings. The van der Waals surface area contributed by atoms with E-state index in [4.69, 9.17) is 15.6 Å². The van der Waals surface area contributed by atoms with Gasteiger partial charge in [0.2, 0.25) is 0 Å². The van der Waals surface area contributed by atoms with E-state index < -0.39 is 12.0 Å². The van der Waals surface area contributed by atoms with Crippen LogP contribution in [0.1, 0.15) is 5.56 Å². The van der Waals surface area contributed by atoms with Gasteiger partial charge in [-0.15, -0.1) is 0 Å². The van der Waals surface area contributed by atoms with Crippen molar-refractivity contribution in [1.29, 1.82) is 0 Å². The molecule has 0 amide bonds. The Morgan fingerprint density at radius 2 is 2.09 bits per heavy atom. The number of hydrogen-bond acceptors (Lipinski definition) is 3. The van der Waals surface area contributed by atoms with Crippen molar-refractivity contribution in [3.63, 3.8) is 0 Å². The molecule has 4 N–H and O–H groups in total. The lowest BCUT2D eigenvalue weighted by Crippen LogP contribution is -2.32. The molecule has 118 valence electrons. The number of aromatic nitrogens is 1. The summed E-state index contributed by atoms with van der Waals surface area (Å²) in [4.78, 5) is 14.2. The van der Waals surface area contributed by atoms with Gasteiger partial charge in [-0.1, -0.05) is 30.3 Å². The molecule has 0 saturated carbocycles. The van der Waals surface area contributed by atoms with Crippen molar-refractivity contribution < 1.29 is 14.6 Å². The van der Waals surface area contributed by atoms with Crippen molar-refractivity contribution in [2.45, 2.75) is 12.5 Å². The molecular weight excluding hydrogens is 292 g/mol. The normalized spacial score (nSPS) is 12.3. The van der Waals surface area contributed by atoms with E-state index in [1.165, 1.54) is 0 Å². The topological polar surface area (TPSA) is 88.3 Å². The van der Waals surface area contributed by atoms with Crippen LogP contribution in [0, 0.1) is 0 Å². The van der Waals surface area contributed by atoms with Crippen LogP contribution in [0.5, 0.6) is 5.75 Å². The SMILES string of the molecule is COc1cccc(-c2cccc3c(C[C@H](N)C(=O)O)c[nH]c23)c1. The van der Waals surface area contributed by atoms with Gasteiger partial charge < -0.3 is 20.6 Å². The minimum atomic E-state index is -0.997. The van der Waals surface area contributed by atoms with Crippen molar-refractivity contribution >= 4 is 16.9 Å². The number of aromatic amines is 1. The van der Waals surface area contributed by atoms with Gasteiger partial charge in [0.15, 0.2) is 0 Å². The predicted octanol–water partition coefficient (Wildman–Crippen LogP) is 2.80.